The van der Waals surface area contributed by atoms with Gasteiger partial charge in [-0.1, -0.05) is 6.92 Å². The van der Waals surface area contributed by atoms with Gasteiger partial charge in [0, 0.05) is 0 Å². The van der Waals surface area contributed by atoms with Crippen molar-refractivity contribution in [3.63, 3.8) is 0 Å². The zero-order valence-electron chi connectivity index (χ0n) is 8.21. The van der Waals surface area contributed by atoms with Gasteiger partial charge in [0.25, 0.3) is 0 Å². The minimum absolute atomic E-state index is 0. The normalized spacial score (nSPS) is 24.6. The Morgan fingerprint density at radius 2 is 2.45 bits per heavy atom. The largest absolute Gasteiger partial charge is 1.00 e. The molecule has 0 aromatic heterocycles. The van der Waals surface area contributed by atoms with E-state index in [1.165, 1.54) is 0 Å². The minimum atomic E-state index is -0.667. The smallest absolute Gasteiger partial charge is 1.00 e. The van der Waals surface area contributed by atoms with Crippen LogP contribution in [0.2, 0.25) is 0 Å². The van der Waals surface area contributed by atoms with Crippen LogP contribution in [-0.4, -0.2) is 35.1 Å². The topological polar surface area (TPSA) is 40.5 Å². The number of aliphatic carboxylic acids is 1. The summed E-state index contributed by atoms with van der Waals surface area (Å²) in [4.78, 5) is 12.5. The molecular formula is C7H14LiNO2. The molecule has 60 valence electrons. The molecule has 0 radical (unpaired) electrons. The maximum atomic E-state index is 10.5. The van der Waals surface area contributed by atoms with E-state index in [-0.39, 0.29) is 26.3 Å². The summed E-state index contributed by atoms with van der Waals surface area (Å²) in [6, 6.07) is -0.204. The molecule has 0 saturated carbocycles. The van der Waals surface area contributed by atoms with Crippen LogP contribution in [0.15, 0.2) is 0 Å². The van der Waals surface area contributed by atoms with Crippen molar-refractivity contribution in [2.75, 3.05) is 13.1 Å². The quantitative estimate of drug-likeness (QED) is 0.450. The molecule has 0 spiro atoms. The van der Waals surface area contributed by atoms with Crippen molar-refractivity contribution >= 4 is 5.97 Å². The van der Waals surface area contributed by atoms with Gasteiger partial charge < -0.3 is 6.53 Å². The van der Waals surface area contributed by atoms with Gasteiger partial charge in [-0.3, -0.25) is 9.69 Å². The number of likely N-dealkylation sites (N-methyl/N-ethyl adjacent to an activating group) is 1. The van der Waals surface area contributed by atoms with E-state index in [0.29, 0.717) is 0 Å². The van der Waals surface area contributed by atoms with Crippen LogP contribution in [0.4, 0.5) is 0 Å². The molecule has 1 saturated heterocycles. The van der Waals surface area contributed by atoms with E-state index in [4.69, 9.17) is 5.11 Å². The van der Waals surface area contributed by atoms with Gasteiger partial charge in [-0.05, 0) is 25.9 Å². The van der Waals surface area contributed by atoms with Crippen LogP contribution in [0.3, 0.4) is 0 Å². The van der Waals surface area contributed by atoms with Gasteiger partial charge in [0.2, 0.25) is 0 Å². The van der Waals surface area contributed by atoms with Gasteiger partial charge in [0.15, 0.2) is 0 Å². The fraction of sp³-hybridized carbons (Fsp3) is 0.857. The second-order valence-electron chi connectivity index (χ2n) is 2.62. The number of nitrogens with zero attached hydrogens (tertiary/aromatic N) is 1. The predicted molar refractivity (Wildman–Crippen MR) is 39.0 cm³/mol. The van der Waals surface area contributed by atoms with E-state index in [2.05, 4.69) is 0 Å². The molecule has 4 heteroatoms. The Balaban J connectivity index is 0. The molecule has 1 atom stereocenters. The van der Waals surface area contributed by atoms with Crippen molar-refractivity contribution in [3.8, 4) is 0 Å². The van der Waals surface area contributed by atoms with E-state index in [1.54, 1.807) is 0 Å². The second-order valence-corrected chi connectivity index (χ2v) is 2.62. The minimum Gasteiger partial charge on any atom is -1.00 e. The molecule has 0 amide bonds. The van der Waals surface area contributed by atoms with E-state index in [0.717, 1.165) is 25.9 Å². The molecule has 0 aliphatic carbocycles. The molecule has 0 bridgehead atoms. The summed E-state index contributed by atoms with van der Waals surface area (Å²) in [6.45, 7) is 3.81. The standard InChI is InChI=1S/C7H13NO2.Li.H/c1-2-8-5-3-4-6(8)7(9)10;;/h6H,2-5H2,1H3,(H,9,10);;/q;+1;-1/t6-;;/m0../s1. The first-order valence-electron chi connectivity index (χ1n) is 3.72. The summed E-state index contributed by atoms with van der Waals surface area (Å²) in [6.07, 6.45) is 1.86. The molecule has 0 aromatic carbocycles. The number of likely N-dealkylation sites (tertiary alicyclic amines) is 1. The van der Waals surface area contributed by atoms with Gasteiger partial charge >= 0.3 is 24.8 Å². The third-order valence-corrected chi connectivity index (χ3v) is 2.05. The number of hydrogen-bond acceptors (Lipinski definition) is 2. The van der Waals surface area contributed by atoms with Crippen molar-refractivity contribution in [1.82, 2.24) is 4.90 Å². The molecule has 1 aliphatic rings. The number of carbonyl (C=O) groups is 1. The first-order valence-corrected chi connectivity index (χ1v) is 3.72. The summed E-state index contributed by atoms with van der Waals surface area (Å²) in [5, 5.41) is 8.67. The first-order chi connectivity index (χ1) is 4.75. The maximum absolute atomic E-state index is 10.5. The molecule has 1 rings (SSSR count). The molecule has 1 fully saturated rings. The maximum Gasteiger partial charge on any atom is 1.00 e. The monoisotopic (exact) mass is 151 g/mol. The molecule has 1 aliphatic heterocycles. The first kappa shape index (κ1) is 11.0. The molecule has 0 aromatic rings. The summed E-state index contributed by atoms with van der Waals surface area (Å²) in [7, 11) is 0. The van der Waals surface area contributed by atoms with E-state index < -0.39 is 5.97 Å². The Morgan fingerprint density at radius 1 is 1.82 bits per heavy atom. The van der Waals surface area contributed by atoms with E-state index >= 15 is 0 Å². The van der Waals surface area contributed by atoms with Gasteiger partial charge in [0.1, 0.15) is 6.04 Å². The fourth-order valence-corrected chi connectivity index (χ4v) is 1.48. The zero-order valence-corrected chi connectivity index (χ0v) is 7.21. The van der Waals surface area contributed by atoms with E-state index in [9.17, 15) is 4.79 Å². The SMILES string of the molecule is CCN1CCC[C@H]1C(=O)O.[H-].[Li+]. The van der Waals surface area contributed by atoms with Crippen LogP contribution in [0.1, 0.15) is 21.2 Å². The number of carboxylic acids is 1. The van der Waals surface area contributed by atoms with Gasteiger partial charge in [0.05, 0.1) is 0 Å². The van der Waals surface area contributed by atoms with Crippen molar-refractivity contribution < 1.29 is 30.2 Å². The Bertz CT molecular complexity index is 145. The van der Waals surface area contributed by atoms with Crippen LogP contribution < -0.4 is 18.9 Å². The van der Waals surface area contributed by atoms with Crippen LogP contribution in [0.5, 0.6) is 0 Å². The fourth-order valence-electron chi connectivity index (χ4n) is 1.48. The van der Waals surface area contributed by atoms with Crippen molar-refractivity contribution in [1.29, 1.82) is 0 Å². The van der Waals surface area contributed by atoms with Gasteiger partial charge in [-0.2, -0.15) is 0 Å². The Labute approximate surface area is 80.4 Å². The van der Waals surface area contributed by atoms with Crippen LogP contribution in [-0.2, 0) is 4.79 Å². The van der Waals surface area contributed by atoms with Crippen molar-refractivity contribution in [2.24, 2.45) is 0 Å². The summed E-state index contributed by atoms with van der Waals surface area (Å²) in [5.74, 6) is -0.667. The molecule has 0 unspecified atom stereocenters. The van der Waals surface area contributed by atoms with Gasteiger partial charge in [-0.15, -0.1) is 0 Å². The average molecular weight is 151 g/mol. The average Bonchev–Trinajstić information content (AvgIpc) is 2.33. The summed E-state index contributed by atoms with van der Waals surface area (Å²) >= 11 is 0. The number of hydrogen-bond donors (Lipinski definition) is 1. The zero-order chi connectivity index (χ0) is 7.56. The van der Waals surface area contributed by atoms with Gasteiger partial charge in [-0.25, -0.2) is 0 Å². The molecule has 11 heavy (non-hydrogen) atoms. The molecule has 1 N–H and O–H groups in total. The number of carboxylic acid groups (broad SMARTS) is 1. The summed E-state index contributed by atoms with van der Waals surface area (Å²) < 4.78 is 0. The third-order valence-electron chi connectivity index (χ3n) is 2.05. The number of rotatable bonds is 2. The Kier molecular flexibility index (Phi) is 4.83. The van der Waals surface area contributed by atoms with Crippen molar-refractivity contribution in [2.45, 2.75) is 25.8 Å². The van der Waals surface area contributed by atoms with Crippen LogP contribution in [0, 0.1) is 0 Å². The summed E-state index contributed by atoms with van der Waals surface area (Å²) in [5.41, 5.74) is 0. The Morgan fingerprint density at radius 3 is 2.82 bits per heavy atom. The second kappa shape index (κ2) is 4.82. The predicted octanol–water partition coefficient (Wildman–Crippen LogP) is -2.33. The van der Waals surface area contributed by atoms with Crippen LogP contribution >= 0.6 is 0 Å². The molecule has 3 nitrogen and oxygen atoms in total. The van der Waals surface area contributed by atoms with Crippen LogP contribution in [0.25, 0.3) is 0 Å². The Hall–Kier alpha value is 0.0274. The third kappa shape index (κ3) is 2.52. The van der Waals surface area contributed by atoms with Crippen molar-refractivity contribution in [3.05, 3.63) is 0 Å². The van der Waals surface area contributed by atoms with E-state index in [1.807, 2.05) is 11.8 Å². The molecule has 1 heterocycles. The molecular weight excluding hydrogens is 137 g/mol.